The Morgan fingerprint density at radius 3 is 2.11 bits per heavy atom. The molecule has 1 aliphatic heterocycles. The van der Waals surface area contributed by atoms with Gasteiger partial charge in [0.1, 0.15) is 23.6 Å². The van der Waals surface area contributed by atoms with Crippen molar-refractivity contribution in [1.82, 2.24) is 10.3 Å². The molecular weight excluding hydrogens is 715 g/mol. The number of nitrogens with zero attached hydrogens (tertiary/aromatic N) is 1. The summed E-state index contributed by atoms with van der Waals surface area (Å²) in [5.41, 5.74) is -0.288. The van der Waals surface area contributed by atoms with E-state index in [4.69, 9.17) is 14.2 Å². The van der Waals surface area contributed by atoms with Gasteiger partial charge in [-0.05, 0) is 94.0 Å². The van der Waals surface area contributed by atoms with E-state index in [2.05, 4.69) is 27.5 Å². The number of amides is 2. The first-order valence-corrected chi connectivity index (χ1v) is 19.7. The smallest absolute Gasteiger partial charge is 0.240 e. The van der Waals surface area contributed by atoms with Crippen LogP contribution < -0.4 is 30.2 Å². The van der Waals surface area contributed by atoms with Gasteiger partial charge in [0.15, 0.2) is 23.1 Å². The molecule has 288 valence electrons. The zero-order chi connectivity index (χ0) is 38.9. The van der Waals surface area contributed by atoms with E-state index >= 15 is 4.39 Å². The second kappa shape index (κ2) is 18.0. The fourth-order valence-corrected chi connectivity index (χ4v) is 7.35. The third kappa shape index (κ3) is 9.80. The minimum Gasteiger partial charge on any atom is -0.493 e. The largest absolute Gasteiger partial charge is 0.493 e. The van der Waals surface area contributed by atoms with Crippen molar-refractivity contribution in [2.75, 3.05) is 35.9 Å². The molecule has 3 N–H and O–H groups in total. The molecule has 10 nitrogen and oxygen atoms in total. The first-order chi connectivity index (χ1) is 26.1. The quantitative estimate of drug-likeness (QED) is 0.0972. The van der Waals surface area contributed by atoms with Crippen LogP contribution in [0.15, 0.2) is 79.5 Å². The second-order valence-corrected chi connectivity index (χ2v) is 15.0. The van der Waals surface area contributed by atoms with Crippen molar-refractivity contribution in [2.45, 2.75) is 70.9 Å². The number of aromatic nitrogens is 1. The highest BCUT2D eigenvalue weighted by Gasteiger charge is 2.56. The molecule has 3 aliphatic rings. The first kappa shape index (κ1) is 40.3. The summed E-state index contributed by atoms with van der Waals surface area (Å²) >= 11 is 0. The minimum atomic E-state index is -1.29. The Kier molecular flexibility index (Phi) is 13.4. The number of fused-ring (bicyclic) bond motifs is 1. The lowest BCUT2D eigenvalue weighted by molar-refractivity contribution is -0.131. The summed E-state index contributed by atoms with van der Waals surface area (Å²) in [7, 11) is 0.835. The lowest BCUT2D eigenvalue weighted by Gasteiger charge is -2.28. The number of carbonyl (C=O) groups excluding carboxylic acids is 2. The molecule has 54 heavy (non-hydrogen) atoms. The van der Waals surface area contributed by atoms with Crippen LogP contribution in [0.25, 0.3) is 10.9 Å². The number of methoxy groups -OCH3 is 1. The lowest BCUT2D eigenvalue weighted by Crippen LogP contribution is -2.46. The van der Waals surface area contributed by atoms with Crippen molar-refractivity contribution in [3.63, 3.8) is 0 Å². The summed E-state index contributed by atoms with van der Waals surface area (Å²) in [5, 5.41) is 9.61. The number of allylic oxidation sites excluding steroid dienone is 1. The lowest BCUT2D eigenvalue weighted by atomic mass is 10.0. The fourth-order valence-electron chi connectivity index (χ4n) is 6.05. The Hall–Kier alpha value is -4.88. The Morgan fingerprint density at radius 1 is 0.889 bits per heavy atom. The standard InChI is InChI=1S/C36H36F2N4O6S.C3H6.C2H6/c1-46-31-19-26-28(20-32(31)47-21-35(11-12-35)42-24-9-16-49(45)17-10-24)39-15-8-29(26)48-30-7-6-25(18-27(30)38)41-34(44)36(13-14-36)33(43)40-23-4-2-22(37)3-5-23;1-3-2;1-2/h2-8,15,18-20,24,42H,9-14,16-17,21H2,1H3,(H,40,43)(H,41,44);3H,1H2,2H3;1-2H3. The molecule has 2 heterocycles. The molecule has 0 radical (unpaired) electrons. The van der Waals surface area contributed by atoms with E-state index < -0.39 is 39.7 Å². The second-order valence-electron chi connectivity index (χ2n) is 13.3. The highest BCUT2D eigenvalue weighted by Crippen LogP contribution is 2.48. The molecule has 1 aromatic heterocycles. The normalized spacial score (nSPS) is 18.7. The monoisotopic (exact) mass is 762 g/mol. The molecule has 13 heteroatoms. The third-order valence-electron chi connectivity index (χ3n) is 9.37. The van der Waals surface area contributed by atoms with Crippen LogP contribution in [0.3, 0.4) is 0 Å². The summed E-state index contributed by atoms with van der Waals surface area (Å²) in [4.78, 5) is 30.4. The number of halogens is 2. The number of hydrogen-bond donors (Lipinski definition) is 3. The number of nitrogens with one attached hydrogen (secondary N) is 3. The molecule has 1 saturated heterocycles. The van der Waals surface area contributed by atoms with Crippen LogP contribution in [0.5, 0.6) is 23.0 Å². The van der Waals surface area contributed by atoms with Crippen LogP contribution in [0, 0.1) is 17.0 Å². The number of rotatable bonds is 12. The van der Waals surface area contributed by atoms with Crippen molar-refractivity contribution < 1.29 is 36.8 Å². The number of carbonyl (C=O) groups is 2. The highest BCUT2D eigenvalue weighted by molar-refractivity contribution is 7.85. The summed E-state index contributed by atoms with van der Waals surface area (Å²) in [6.07, 6.45) is 7.78. The zero-order valence-electron chi connectivity index (χ0n) is 31.1. The van der Waals surface area contributed by atoms with E-state index in [0.29, 0.717) is 59.3 Å². The van der Waals surface area contributed by atoms with Gasteiger partial charge in [-0.25, -0.2) is 8.78 Å². The highest BCUT2D eigenvalue weighted by atomic mass is 32.2. The van der Waals surface area contributed by atoms with E-state index in [1.807, 2.05) is 20.8 Å². The Morgan fingerprint density at radius 2 is 1.52 bits per heavy atom. The third-order valence-corrected chi connectivity index (χ3v) is 10.8. The molecule has 3 fully saturated rings. The summed E-state index contributed by atoms with van der Waals surface area (Å²) in [5.74, 6) is 0.516. The summed E-state index contributed by atoms with van der Waals surface area (Å²) in [6, 6.07) is 14.8. The van der Waals surface area contributed by atoms with Crippen LogP contribution in [0.2, 0.25) is 0 Å². The van der Waals surface area contributed by atoms with Crippen molar-refractivity contribution in [1.29, 1.82) is 0 Å². The topological polar surface area (TPSA) is 128 Å². The van der Waals surface area contributed by atoms with Gasteiger partial charge in [0.2, 0.25) is 11.8 Å². The van der Waals surface area contributed by atoms with E-state index in [-0.39, 0.29) is 17.0 Å². The van der Waals surface area contributed by atoms with Gasteiger partial charge in [-0.3, -0.25) is 18.8 Å². The molecule has 2 saturated carbocycles. The molecule has 4 aromatic rings. The van der Waals surface area contributed by atoms with Crippen LogP contribution >= 0.6 is 0 Å². The molecule has 2 aliphatic carbocycles. The average Bonchev–Trinajstić information content (AvgIpc) is 4.12. The summed E-state index contributed by atoms with van der Waals surface area (Å²) < 4.78 is 58.2. The van der Waals surface area contributed by atoms with Crippen LogP contribution in [0.4, 0.5) is 20.2 Å². The van der Waals surface area contributed by atoms with E-state index in [1.54, 1.807) is 37.6 Å². The average molecular weight is 763 g/mol. The maximum absolute atomic E-state index is 15.3. The predicted octanol–water partition coefficient (Wildman–Crippen LogP) is 8.30. The molecular formula is C41H48F2N4O6S. The molecule has 3 aromatic carbocycles. The van der Waals surface area contributed by atoms with Crippen LogP contribution in [0.1, 0.15) is 59.3 Å². The number of benzene rings is 3. The van der Waals surface area contributed by atoms with Gasteiger partial charge in [-0.15, -0.1) is 6.58 Å². The van der Waals surface area contributed by atoms with Gasteiger partial charge < -0.3 is 30.2 Å². The van der Waals surface area contributed by atoms with Crippen LogP contribution in [-0.4, -0.2) is 57.8 Å². The fraction of sp³-hybridized carbons (Fsp3) is 0.390. The van der Waals surface area contributed by atoms with Gasteiger partial charge in [0.25, 0.3) is 0 Å². The zero-order valence-corrected chi connectivity index (χ0v) is 32.0. The molecule has 0 atom stereocenters. The van der Waals surface area contributed by atoms with Gasteiger partial charge in [0.05, 0.1) is 18.2 Å². The maximum Gasteiger partial charge on any atom is 0.240 e. The van der Waals surface area contributed by atoms with Crippen molar-refractivity contribution >= 4 is 44.9 Å². The number of anilines is 2. The van der Waals surface area contributed by atoms with Crippen molar-refractivity contribution in [3.05, 3.63) is 91.1 Å². The van der Waals surface area contributed by atoms with Crippen molar-refractivity contribution in [3.8, 4) is 23.0 Å². The number of pyridine rings is 1. The van der Waals surface area contributed by atoms with Crippen LogP contribution in [-0.2, 0) is 20.4 Å². The van der Waals surface area contributed by atoms with E-state index in [0.717, 1.165) is 43.3 Å². The number of hydrogen-bond acceptors (Lipinski definition) is 8. The van der Waals surface area contributed by atoms with Gasteiger partial charge in [-0.1, -0.05) is 19.9 Å². The van der Waals surface area contributed by atoms with Gasteiger partial charge in [0, 0.05) is 63.4 Å². The molecule has 0 spiro atoms. The van der Waals surface area contributed by atoms with E-state index in [1.165, 1.54) is 36.4 Å². The molecule has 0 bridgehead atoms. The number of ether oxygens (including phenoxy) is 3. The first-order valence-electron chi connectivity index (χ1n) is 18.2. The molecule has 0 unspecified atom stereocenters. The predicted molar refractivity (Wildman–Crippen MR) is 209 cm³/mol. The molecule has 7 rings (SSSR count). The van der Waals surface area contributed by atoms with Gasteiger partial charge >= 0.3 is 0 Å². The molecule has 2 amide bonds. The SMILES string of the molecule is C=CC.CC.COc1cc2c(Oc3ccc(NC(=O)C4(C(=O)Nc5ccc(F)cc5)CC4)cc3F)ccnc2cc1OCC1(NC2CCS(=O)CC2)CC1. The minimum absolute atomic E-state index is 0.0757. The van der Waals surface area contributed by atoms with Crippen molar-refractivity contribution in [2.24, 2.45) is 5.41 Å². The Labute approximate surface area is 317 Å². The van der Waals surface area contributed by atoms with E-state index in [9.17, 15) is 18.2 Å². The maximum atomic E-state index is 15.3. The Balaban J connectivity index is 0.00000107. The van der Waals surface area contributed by atoms with Gasteiger partial charge in [-0.2, -0.15) is 0 Å². The Bertz CT molecular complexity index is 1970. The summed E-state index contributed by atoms with van der Waals surface area (Å²) in [6.45, 7) is 9.71.